The normalized spacial score (nSPS) is 16.2. The zero-order valence-electron chi connectivity index (χ0n) is 17.7. The van der Waals surface area contributed by atoms with Crippen LogP contribution >= 0.6 is 0 Å². The number of aromatic nitrogens is 4. The molecular weight excluding hydrogens is 383 g/mol. The van der Waals surface area contributed by atoms with Crippen molar-refractivity contribution in [3.8, 4) is 0 Å². The zero-order chi connectivity index (χ0) is 21.3. The summed E-state index contributed by atoms with van der Waals surface area (Å²) in [6.07, 6.45) is 1.32. The van der Waals surface area contributed by atoms with E-state index in [1.807, 2.05) is 38.2 Å². The summed E-state index contributed by atoms with van der Waals surface area (Å²) in [7, 11) is 0. The smallest absolute Gasteiger partial charge is 0.270 e. The van der Waals surface area contributed by atoms with Crippen molar-refractivity contribution < 1.29 is 4.39 Å². The Bertz CT molecular complexity index is 1100. The molecule has 1 N–H and O–H groups in total. The van der Waals surface area contributed by atoms with Crippen LogP contribution < -0.4 is 10.5 Å². The van der Waals surface area contributed by atoms with Crippen molar-refractivity contribution >= 4 is 16.9 Å². The minimum atomic E-state index is -1.09. The highest BCUT2D eigenvalue weighted by Gasteiger charge is 2.22. The highest BCUT2D eigenvalue weighted by atomic mass is 19.1. The van der Waals surface area contributed by atoms with E-state index >= 15 is 0 Å². The van der Waals surface area contributed by atoms with Crippen molar-refractivity contribution in [1.82, 2.24) is 24.8 Å². The Morgan fingerprint density at radius 3 is 2.67 bits per heavy atom. The van der Waals surface area contributed by atoms with Crippen LogP contribution in [0.15, 0.2) is 29.2 Å². The van der Waals surface area contributed by atoms with Gasteiger partial charge < -0.3 is 9.88 Å². The fraction of sp³-hybridized carbons (Fsp3) is 0.455. The molecule has 30 heavy (non-hydrogen) atoms. The van der Waals surface area contributed by atoms with Crippen molar-refractivity contribution in [2.75, 3.05) is 31.1 Å². The number of halogens is 1. The third-order valence-corrected chi connectivity index (χ3v) is 5.55. The van der Waals surface area contributed by atoms with E-state index < -0.39 is 6.17 Å². The van der Waals surface area contributed by atoms with Crippen molar-refractivity contribution in [1.29, 1.82) is 0 Å². The number of nitrogens with one attached hydrogen (secondary N) is 1. The summed E-state index contributed by atoms with van der Waals surface area (Å²) in [5, 5.41) is 0. The number of fused-ring (bicyclic) bond motifs is 1. The van der Waals surface area contributed by atoms with Crippen LogP contribution in [0.4, 0.5) is 10.1 Å². The number of alkyl halides is 1. The van der Waals surface area contributed by atoms with Gasteiger partial charge in [0.1, 0.15) is 11.9 Å². The van der Waals surface area contributed by atoms with Gasteiger partial charge in [-0.15, -0.1) is 0 Å². The number of hydrogen-bond acceptors (Lipinski definition) is 6. The molecule has 0 aromatic carbocycles. The first-order chi connectivity index (χ1) is 14.4. The van der Waals surface area contributed by atoms with Crippen molar-refractivity contribution in [2.24, 2.45) is 0 Å². The number of H-pyrrole nitrogens is 1. The molecule has 0 saturated carbocycles. The molecule has 0 aliphatic carbocycles. The van der Waals surface area contributed by atoms with Gasteiger partial charge in [0, 0.05) is 44.6 Å². The van der Waals surface area contributed by atoms with Gasteiger partial charge in [-0.2, -0.15) is 0 Å². The number of aromatic amines is 1. The van der Waals surface area contributed by atoms with Crippen LogP contribution in [0, 0.1) is 6.92 Å². The maximum absolute atomic E-state index is 14.1. The number of piperazine rings is 1. The topological polar surface area (TPSA) is 78.0 Å². The Kier molecular flexibility index (Phi) is 5.76. The van der Waals surface area contributed by atoms with Crippen LogP contribution in [0.25, 0.3) is 11.2 Å². The number of hydrogen-bond donors (Lipinski definition) is 1. The van der Waals surface area contributed by atoms with E-state index in [4.69, 9.17) is 0 Å². The zero-order valence-corrected chi connectivity index (χ0v) is 17.7. The Balaban J connectivity index is 1.45. The molecule has 0 bridgehead atoms. The summed E-state index contributed by atoms with van der Waals surface area (Å²) < 4.78 is 14.1. The molecule has 4 heterocycles. The van der Waals surface area contributed by atoms with Gasteiger partial charge in [-0.05, 0) is 44.0 Å². The summed E-state index contributed by atoms with van der Waals surface area (Å²) >= 11 is 0. The largest absolute Gasteiger partial charge is 0.367 e. The molecule has 1 atom stereocenters. The van der Waals surface area contributed by atoms with Crippen LogP contribution in [-0.2, 0) is 13.0 Å². The van der Waals surface area contributed by atoms with E-state index in [-0.39, 0.29) is 5.56 Å². The molecule has 1 fully saturated rings. The van der Waals surface area contributed by atoms with Gasteiger partial charge in [0.05, 0.1) is 16.9 Å². The molecule has 3 aromatic heterocycles. The minimum Gasteiger partial charge on any atom is -0.367 e. The Morgan fingerprint density at radius 2 is 1.97 bits per heavy atom. The highest BCUT2D eigenvalue weighted by molar-refractivity contribution is 5.69. The SMILES string of the molecule is CCc1nc2ncc(CN3CCN(c4ccc(C)nc4C(C)F)CC3)cc2[nH]c1=O. The number of pyridine rings is 2. The summed E-state index contributed by atoms with van der Waals surface area (Å²) in [4.78, 5) is 32.7. The predicted octanol–water partition coefficient (Wildman–Crippen LogP) is 2.94. The van der Waals surface area contributed by atoms with Crippen LogP contribution in [0.5, 0.6) is 0 Å². The second-order valence-corrected chi connectivity index (χ2v) is 7.82. The van der Waals surface area contributed by atoms with Gasteiger partial charge in [0.2, 0.25) is 0 Å². The minimum absolute atomic E-state index is 0.151. The average Bonchev–Trinajstić information content (AvgIpc) is 2.74. The lowest BCUT2D eigenvalue weighted by molar-refractivity contribution is 0.249. The first-order valence-corrected chi connectivity index (χ1v) is 10.4. The number of anilines is 1. The van der Waals surface area contributed by atoms with E-state index in [1.54, 1.807) is 0 Å². The van der Waals surface area contributed by atoms with E-state index in [1.165, 1.54) is 6.92 Å². The Hall–Kier alpha value is -2.87. The molecule has 158 valence electrons. The van der Waals surface area contributed by atoms with Crippen LogP contribution in [-0.4, -0.2) is 51.0 Å². The molecule has 8 heteroatoms. The van der Waals surface area contributed by atoms with E-state index in [0.29, 0.717) is 29.0 Å². The van der Waals surface area contributed by atoms with Crippen LogP contribution in [0.3, 0.4) is 0 Å². The van der Waals surface area contributed by atoms with Gasteiger partial charge in [-0.25, -0.2) is 14.4 Å². The van der Waals surface area contributed by atoms with Gasteiger partial charge >= 0.3 is 0 Å². The Morgan fingerprint density at radius 1 is 1.20 bits per heavy atom. The van der Waals surface area contributed by atoms with Crippen LogP contribution in [0.1, 0.15) is 42.7 Å². The molecule has 0 radical (unpaired) electrons. The third kappa shape index (κ3) is 4.18. The van der Waals surface area contributed by atoms with Gasteiger partial charge in [-0.1, -0.05) is 6.92 Å². The second kappa shape index (κ2) is 8.47. The summed E-state index contributed by atoms with van der Waals surface area (Å²) in [6, 6.07) is 5.87. The van der Waals surface area contributed by atoms with Gasteiger partial charge in [0.25, 0.3) is 5.56 Å². The Labute approximate surface area is 175 Å². The second-order valence-electron chi connectivity index (χ2n) is 7.82. The van der Waals surface area contributed by atoms with E-state index in [2.05, 4.69) is 29.7 Å². The lowest BCUT2D eigenvalue weighted by atomic mass is 10.1. The fourth-order valence-corrected chi connectivity index (χ4v) is 3.92. The molecule has 1 aliphatic rings. The maximum atomic E-state index is 14.1. The first-order valence-electron chi connectivity index (χ1n) is 10.4. The fourth-order valence-electron chi connectivity index (χ4n) is 3.92. The summed E-state index contributed by atoms with van der Waals surface area (Å²) in [5.41, 5.74) is 4.86. The molecule has 1 saturated heterocycles. The van der Waals surface area contributed by atoms with E-state index in [9.17, 15) is 9.18 Å². The maximum Gasteiger partial charge on any atom is 0.270 e. The first kappa shape index (κ1) is 20.4. The molecular formula is C22H27FN6O. The molecule has 0 spiro atoms. The van der Waals surface area contributed by atoms with Crippen LogP contribution in [0.2, 0.25) is 0 Å². The number of nitrogens with zero attached hydrogens (tertiary/aromatic N) is 5. The number of rotatable bonds is 5. The quantitative estimate of drug-likeness (QED) is 0.697. The molecule has 4 rings (SSSR count). The van der Waals surface area contributed by atoms with E-state index in [0.717, 1.165) is 49.7 Å². The lowest BCUT2D eigenvalue weighted by Gasteiger charge is -2.37. The molecule has 3 aromatic rings. The van der Waals surface area contributed by atoms with Gasteiger partial charge in [-0.3, -0.25) is 14.7 Å². The standard InChI is InChI=1S/C22H27FN6O/c1-4-17-22(30)27-18-11-16(12-24-21(18)26-17)13-28-7-9-29(10-8-28)19-6-5-14(2)25-20(19)15(3)23/h5-6,11-12,15H,4,7-10,13H2,1-3H3,(H,27,30). The van der Waals surface area contributed by atoms with Crippen molar-refractivity contribution in [3.05, 3.63) is 57.4 Å². The van der Waals surface area contributed by atoms with Crippen molar-refractivity contribution in [2.45, 2.75) is 39.9 Å². The predicted molar refractivity (Wildman–Crippen MR) is 116 cm³/mol. The van der Waals surface area contributed by atoms with Gasteiger partial charge in [0.15, 0.2) is 5.65 Å². The number of aryl methyl sites for hydroxylation is 2. The molecule has 1 unspecified atom stereocenters. The third-order valence-electron chi connectivity index (χ3n) is 5.55. The molecule has 7 nitrogen and oxygen atoms in total. The lowest BCUT2D eigenvalue weighted by Crippen LogP contribution is -2.46. The van der Waals surface area contributed by atoms with Crippen molar-refractivity contribution in [3.63, 3.8) is 0 Å². The summed E-state index contributed by atoms with van der Waals surface area (Å²) in [5.74, 6) is 0. The monoisotopic (exact) mass is 410 g/mol. The summed E-state index contributed by atoms with van der Waals surface area (Å²) in [6.45, 7) is 9.40. The molecule has 0 amide bonds. The highest BCUT2D eigenvalue weighted by Crippen LogP contribution is 2.28. The molecule has 1 aliphatic heterocycles. The average molecular weight is 410 g/mol.